The number of nitrogens with zero attached hydrogens (tertiary/aromatic N) is 1. The largest absolute Gasteiger partial charge is 0.496 e. The molecule has 0 saturated carbocycles. The van der Waals surface area contributed by atoms with Crippen molar-refractivity contribution in [3.05, 3.63) is 59.7 Å². The molecule has 1 heterocycles. The summed E-state index contributed by atoms with van der Waals surface area (Å²) in [5.74, 6) is 0.463. The lowest BCUT2D eigenvalue weighted by atomic mass is 9.98. The molecule has 0 saturated heterocycles. The van der Waals surface area contributed by atoms with Crippen LogP contribution in [0.1, 0.15) is 23.6 Å². The molecule has 1 atom stereocenters. The number of nitrogens with one attached hydrogen (secondary N) is 1. The Bertz CT molecular complexity index is 545. The van der Waals surface area contributed by atoms with Gasteiger partial charge in [-0.15, -0.1) is 0 Å². The average molecular weight is 274 g/mol. The molecule has 1 unspecified atom stereocenters. The lowest BCUT2D eigenvalue weighted by Gasteiger charge is -2.19. The van der Waals surface area contributed by atoms with E-state index in [4.69, 9.17) is 4.74 Å². The average Bonchev–Trinajstić information content (AvgIpc) is 2.49. The highest BCUT2D eigenvalue weighted by Crippen LogP contribution is 2.28. The van der Waals surface area contributed by atoms with Gasteiger partial charge >= 0.3 is 0 Å². The summed E-state index contributed by atoms with van der Waals surface area (Å²) >= 11 is 0. The van der Waals surface area contributed by atoms with Gasteiger partial charge in [-0.05, 0) is 55.8 Å². The Morgan fingerprint density at radius 2 is 2.00 bits per heavy atom. The van der Waals surface area contributed by atoms with Crippen molar-refractivity contribution in [3.63, 3.8) is 0 Å². The van der Waals surface area contributed by atoms with Crippen molar-refractivity contribution in [2.24, 2.45) is 0 Å². The molecule has 0 aliphatic rings. The predicted molar refractivity (Wildman–Crippen MR) is 77.3 cm³/mol. The SMILES string of the molecule is CNC(CCc1ccncc1)c1cc(F)ccc1OC. The van der Waals surface area contributed by atoms with E-state index >= 15 is 0 Å². The van der Waals surface area contributed by atoms with Gasteiger partial charge in [0.15, 0.2) is 0 Å². The molecule has 0 fully saturated rings. The first-order valence-electron chi connectivity index (χ1n) is 6.64. The molecule has 0 bridgehead atoms. The van der Waals surface area contributed by atoms with Gasteiger partial charge in [0.2, 0.25) is 0 Å². The van der Waals surface area contributed by atoms with Gasteiger partial charge in [0.25, 0.3) is 0 Å². The first kappa shape index (κ1) is 14.5. The number of aryl methyl sites for hydroxylation is 1. The monoisotopic (exact) mass is 274 g/mol. The quantitative estimate of drug-likeness (QED) is 0.878. The van der Waals surface area contributed by atoms with Crippen LogP contribution in [0.2, 0.25) is 0 Å². The van der Waals surface area contributed by atoms with E-state index in [2.05, 4.69) is 10.3 Å². The molecule has 4 heteroatoms. The minimum atomic E-state index is -0.245. The lowest BCUT2D eigenvalue weighted by Crippen LogP contribution is -2.18. The van der Waals surface area contributed by atoms with Crippen LogP contribution in [0.4, 0.5) is 4.39 Å². The van der Waals surface area contributed by atoms with Gasteiger partial charge in [-0.25, -0.2) is 4.39 Å². The van der Waals surface area contributed by atoms with Gasteiger partial charge in [0.05, 0.1) is 7.11 Å². The van der Waals surface area contributed by atoms with Crippen molar-refractivity contribution < 1.29 is 9.13 Å². The third kappa shape index (κ3) is 3.54. The molecule has 3 nitrogen and oxygen atoms in total. The molecule has 0 amide bonds. The Labute approximate surface area is 118 Å². The van der Waals surface area contributed by atoms with Crippen molar-refractivity contribution in [1.82, 2.24) is 10.3 Å². The van der Waals surface area contributed by atoms with Gasteiger partial charge in [-0.3, -0.25) is 4.98 Å². The van der Waals surface area contributed by atoms with E-state index in [9.17, 15) is 4.39 Å². The zero-order chi connectivity index (χ0) is 14.4. The highest BCUT2D eigenvalue weighted by atomic mass is 19.1. The van der Waals surface area contributed by atoms with E-state index in [1.54, 1.807) is 25.6 Å². The summed E-state index contributed by atoms with van der Waals surface area (Å²) in [5, 5.41) is 3.23. The number of ether oxygens (including phenoxy) is 1. The smallest absolute Gasteiger partial charge is 0.123 e. The lowest BCUT2D eigenvalue weighted by molar-refractivity contribution is 0.397. The van der Waals surface area contributed by atoms with Gasteiger partial charge in [-0.1, -0.05) is 0 Å². The number of benzene rings is 1. The number of rotatable bonds is 6. The Balaban J connectivity index is 2.14. The predicted octanol–water partition coefficient (Wildman–Crippen LogP) is 3.12. The maximum absolute atomic E-state index is 13.5. The molecule has 1 aromatic heterocycles. The Hall–Kier alpha value is -1.94. The van der Waals surface area contributed by atoms with E-state index < -0.39 is 0 Å². The number of pyridine rings is 1. The summed E-state index contributed by atoms with van der Waals surface area (Å²) in [6.45, 7) is 0. The van der Waals surface area contributed by atoms with Gasteiger partial charge in [0.1, 0.15) is 11.6 Å². The van der Waals surface area contributed by atoms with E-state index in [0.717, 1.165) is 18.4 Å². The van der Waals surface area contributed by atoms with Crippen molar-refractivity contribution in [1.29, 1.82) is 0 Å². The van der Waals surface area contributed by atoms with Crippen LogP contribution >= 0.6 is 0 Å². The molecule has 0 aliphatic heterocycles. The van der Waals surface area contributed by atoms with Crippen molar-refractivity contribution in [2.75, 3.05) is 14.2 Å². The molecule has 106 valence electrons. The molecule has 2 rings (SSSR count). The third-order valence-corrected chi connectivity index (χ3v) is 3.39. The number of hydrogen-bond donors (Lipinski definition) is 1. The second kappa shape index (κ2) is 7.01. The normalized spacial score (nSPS) is 12.2. The Kier molecular flexibility index (Phi) is 5.07. The molecule has 1 N–H and O–H groups in total. The number of halogens is 1. The second-order valence-corrected chi connectivity index (χ2v) is 4.62. The molecule has 1 aromatic carbocycles. The second-order valence-electron chi connectivity index (χ2n) is 4.62. The van der Waals surface area contributed by atoms with Crippen LogP contribution in [-0.4, -0.2) is 19.1 Å². The fourth-order valence-electron chi connectivity index (χ4n) is 2.29. The van der Waals surface area contributed by atoms with Crippen LogP contribution in [0.25, 0.3) is 0 Å². The van der Waals surface area contributed by atoms with Gasteiger partial charge in [-0.2, -0.15) is 0 Å². The van der Waals surface area contributed by atoms with Crippen LogP contribution < -0.4 is 10.1 Å². The van der Waals surface area contributed by atoms with E-state index in [0.29, 0.717) is 5.75 Å². The van der Waals surface area contributed by atoms with Crippen LogP contribution in [0.5, 0.6) is 5.75 Å². The van der Waals surface area contributed by atoms with Crippen LogP contribution in [0, 0.1) is 5.82 Å². The zero-order valence-electron chi connectivity index (χ0n) is 11.8. The molecular formula is C16H19FN2O. The van der Waals surface area contributed by atoms with E-state index in [1.165, 1.54) is 17.7 Å². The van der Waals surface area contributed by atoms with Crippen molar-refractivity contribution in [3.8, 4) is 5.75 Å². The summed E-state index contributed by atoms with van der Waals surface area (Å²) in [5.41, 5.74) is 2.07. The Morgan fingerprint density at radius 3 is 2.65 bits per heavy atom. The summed E-state index contributed by atoms with van der Waals surface area (Å²) in [7, 11) is 3.48. The highest BCUT2D eigenvalue weighted by molar-refractivity contribution is 5.36. The molecule has 2 aromatic rings. The summed E-state index contributed by atoms with van der Waals surface area (Å²) in [6.07, 6.45) is 5.33. The van der Waals surface area contributed by atoms with E-state index in [-0.39, 0.29) is 11.9 Å². The topological polar surface area (TPSA) is 34.2 Å². The number of hydrogen-bond acceptors (Lipinski definition) is 3. The number of methoxy groups -OCH3 is 1. The molecule has 20 heavy (non-hydrogen) atoms. The Morgan fingerprint density at radius 1 is 1.25 bits per heavy atom. The first-order chi connectivity index (χ1) is 9.74. The van der Waals surface area contributed by atoms with Crippen LogP contribution in [0.3, 0.4) is 0 Å². The minimum absolute atomic E-state index is 0.0498. The van der Waals surface area contributed by atoms with Crippen molar-refractivity contribution in [2.45, 2.75) is 18.9 Å². The van der Waals surface area contributed by atoms with Gasteiger partial charge in [0, 0.05) is 24.0 Å². The number of aromatic nitrogens is 1. The standard InChI is InChI=1S/C16H19FN2O/c1-18-15(5-3-12-7-9-19-10-8-12)14-11-13(17)4-6-16(14)20-2/h4,6-11,15,18H,3,5H2,1-2H3. The molecule has 0 spiro atoms. The molecular weight excluding hydrogens is 255 g/mol. The summed E-state index contributed by atoms with van der Waals surface area (Å²) < 4.78 is 18.8. The molecule has 0 aliphatic carbocycles. The summed E-state index contributed by atoms with van der Waals surface area (Å²) in [4.78, 5) is 4.00. The maximum Gasteiger partial charge on any atom is 0.123 e. The van der Waals surface area contributed by atoms with Gasteiger partial charge < -0.3 is 10.1 Å². The summed E-state index contributed by atoms with van der Waals surface area (Å²) in [6, 6.07) is 8.66. The molecule has 0 radical (unpaired) electrons. The van der Waals surface area contributed by atoms with Crippen molar-refractivity contribution >= 4 is 0 Å². The zero-order valence-corrected chi connectivity index (χ0v) is 11.8. The minimum Gasteiger partial charge on any atom is -0.496 e. The van der Waals surface area contributed by atoms with Crippen LogP contribution in [0.15, 0.2) is 42.7 Å². The van der Waals surface area contributed by atoms with E-state index in [1.807, 2.05) is 19.2 Å². The third-order valence-electron chi connectivity index (χ3n) is 3.39. The highest BCUT2D eigenvalue weighted by Gasteiger charge is 2.15. The fourth-order valence-corrected chi connectivity index (χ4v) is 2.29. The fraction of sp³-hybridized carbons (Fsp3) is 0.312. The maximum atomic E-state index is 13.5. The first-order valence-corrected chi connectivity index (χ1v) is 6.64. The van der Waals surface area contributed by atoms with Crippen LogP contribution in [-0.2, 0) is 6.42 Å².